The fraction of sp³-hybridized carbons (Fsp3) is 0.250. The average molecular weight is 271 g/mol. The lowest BCUT2D eigenvalue weighted by molar-refractivity contribution is 0.454. The predicted octanol–water partition coefficient (Wildman–Crippen LogP) is 3.35. The van der Waals surface area contributed by atoms with Gasteiger partial charge in [0.25, 0.3) is 0 Å². The Balaban J connectivity index is 2.03. The van der Waals surface area contributed by atoms with Crippen molar-refractivity contribution in [3.05, 3.63) is 59.2 Å². The molecule has 19 heavy (non-hydrogen) atoms. The molecule has 3 heteroatoms. The smallest absolute Gasteiger partial charge is 0.119 e. The number of fused-ring (bicyclic) bond motifs is 1. The molecule has 0 saturated heterocycles. The van der Waals surface area contributed by atoms with Crippen molar-refractivity contribution in [2.75, 3.05) is 12.8 Å². The van der Waals surface area contributed by atoms with E-state index in [0.717, 1.165) is 18.7 Å². The Morgan fingerprint density at radius 2 is 1.95 bits per heavy atom. The van der Waals surface area contributed by atoms with Crippen LogP contribution in [0.2, 0.25) is 0 Å². The Bertz CT molecular complexity index is 580. The highest BCUT2D eigenvalue weighted by Crippen LogP contribution is 2.36. The molecule has 2 aromatic carbocycles. The Labute approximate surface area is 117 Å². The third-order valence-corrected chi connectivity index (χ3v) is 4.45. The van der Waals surface area contributed by atoms with Gasteiger partial charge < -0.3 is 10.4 Å². The summed E-state index contributed by atoms with van der Waals surface area (Å²) in [6, 6.07) is 14.4. The Morgan fingerprint density at radius 1 is 1.16 bits per heavy atom. The summed E-state index contributed by atoms with van der Waals surface area (Å²) in [7, 11) is 0. The molecule has 1 heterocycles. The van der Waals surface area contributed by atoms with Crippen LogP contribution in [0.15, 0.2) is 47.4 Å². The molecule has 0 saturated carbocycles. The van der Waals surface area contributed by atoms with Crippen LogP contribution < -0.4 is 5.32 Å². The largest absolute Gasteiger partial charge is 0.508 e. The van der Waals surface area contributed by atoms with E-state index in [0.29, 0.717) is 5.75 Å². The van der Waals surface area contributed by atoms with Crippen LogP contribution in [0.5, 0.6) is 5.75 Å². The molecule has 2 aromatic rings. The number of phenols is 1. The summed E-state index contributed by atoms with van der Waals surface area (Å²) >= 11 is 1.75. The zero-order chi connectivity index (χ0) is 13.2. The summed E-state index contributed by atoms with van der Waals surface area (Å²) in [5.74, 6) is 0.652. The molecule has 1 aliphatic heterocycles. The van der Waals surface area contributed by atoms with Crippen molar-refractivity contribution >= 4 is 11.8 Å². The van der Waals surface area contributed by atoms with Gasteiger partial charge in [0.1, 0.15) is 5.75 Å². The number of rotatable bonds is 2. The lowest BCUT2D eigenvalue weighted by Gasteiger charge is -2.27. The maximum atomic E-state index is 10.2. The topological polar surface area (TPSA) is 32.3 Å². The summed E-state index contributed by atoms with van der Waals surface area (Å²) < 4.78 is 0. The van der Waals surface area contributed by atoms with E-state index >= 15 is 0 Å². The molecule has 0 radical (unpaired) electrons. The van der Waals surface area contributed by atoms with Gasteiger partial charge in [-0.2, -0.15) is 0 Å². The molecule has 3 rings (SSSR count). The van der Waals surface area contributed by atoms with Gasteiger partial charge in [-0.15, -0.1) is 11.8 Å². The summed E-state index contributed by atoms with van der Waals surface area (Å²) in [5, 5.41) is 13.6. The first-order valence-corrected chi connectivity index (χ1v) is 7.67. The van der Waals surface area contributed by atoms with Crippen LogP contribution in [0.1, 0.15) is 22.6 Å². The molecule has 0 amide bonds. The normalized spacial score (nSPS) is 18.1. The van der Waals surface area contributed by atoms with Gasteiger partial charge in [0.2, 0.25) is 0 Å². The third kappa shape index (κ3) is 2.36. The van der Waals surface area contributed by atoms with Gasteiger partial charge in [0.15, 0.2) is 0 Å². The van der Waals surface area contributed by atoms with Crippen LogP contribution >= 0.6 is 11.8 Å². The van der Waals surface area contributed by atoms with Gasteiger partial charge in [0, 0.05) is 29.5 Å². The lowest BCUT2D eigenvalue weighted by atomic mass is 9.85. The van der Waals surface area contributed by atoms with E-state index in [9.17, 15) is 5.11 Å². The molecular formula is C16H17NOS. The van der Waals surface area contributed by atoms with Gasteiger partial charge in [-0.25, -0.2) is 0 Å². The predicted molar refractivity (Wildman–Crippen MR) is 79.9 cm³/mol. The van der Waals surface area contributed by atoms with Crippen molar-refractivity contribution < 1.29 is 5.11 Å². The lowest BCUT2D eigenvalue weighted by Crippen LogP contribution is -2.28. The van der Waals surface area contributed by atoms with Gasteiger partial charge in [-0.05, 0) is 35.6 Å². The van der Waals surface area contributed by atoms with Crippen LogP contribution in [0, 0.1) is 0 Å². The van der Waals surface area contributed by atoms with E-state index < -0.39 is 0 Å². The number of thioether (sulfide) groups is 1. The standard InChI is InChI=1S/C16H17NOS/c1-19-13-7-5-11(6-8-13)14-10-17-9-12-3-2-4-15(18)16(12)14/h2-8,14,17-18H,9-10H2,1H3. The van der Waals surface area contributed by atoms with Crippen molar-refractivity contribution in [2.24, 2.45) is 0 Å². The molecular weight excluding hydrogens is 254 g/mol. The van der Waals surface area contributed by atoms with Gasteiger partial charge in [-0.3, -0.25) is 0 Å². The molecule has 0 spiro atoms. The number of benzene rings is 2. The summed E-state index contributed by atoms with van der Waals surface area (Å²) in [6.07, 6.45) is 2.08. The number of hydrogen-bond donors (Lipinski definition) is 2. The fourth-order valence-electron chi connectivity index (χ4n) is 2.73. The fourth-order valence-corrected chi connectivity index (χ4v) is 3.14. The third-order valence-electron chi connectivity index (χ3n) is 3.70. The van der Waals surface area contributed by atoms with Crippen LogP contribution in [0.3, 0.4) is 0 Å². The van der Waals surface area contributed by atoms with Crippen molar-refractivity contribution in [1.29, 1.82) is 0 Å². The average Bonchev–Trinajstić information content (AvgIpc) is 2.47. The molecule has 0 bridgehead atoms. The minimum Gasteiger partial charge on any atom is -0.508 e. The molecule has 0 fully saturated rings. The molecule has 2 N–H and O–H groups in total. The highest BCUT2D eigenvalue weighted by atomic mass is 32.2. The summed E-state index contributed by atoms with van der Waals surface area (Å²) in [6.45, 7) is 1.71. The second kappa shape index (κ2) is 5.27. The van der Waals surface area contributed by atoms with E-state index in [4.69, 9.17) is 0 Å². The van der Waals surface area contributed by atoms with E-state index in [1.165, 1.54) is 16.0 Å². The van der Waals surface area contributed by atoms with Crippen molar-refractivity contribution in [3.8, 4) is 5.75 Å². The quantitative estimate of drug-likeness (QED) is 0.822. The highest BCUT2D eigenvalue weighted by molar-refractivity contribution is 7.98. The van der Waals surface area contributed by atoms with E-state index in [1.807, 2.05) is 6.07 Å². The van der Waals surface area contributed by atoms with Crippen LogP contribution in [0.25, 0.3) is 0 Å². The Hall–Kier alpha value is -1.45. The first-order chi connectivity index (χ1) is 9.29. The molecule has 0 aromatic heterocycles. The van der Waals surface area contributed by atoms with Crippen LogP contribution in [-0.2, 0) is 6.54 Å². The molecule has 1 unspecified atom stereocenters. The molecule has 1 atom stereocenters. The molecule has 2 nitrogen and oxygen atoms in total. The van der Waals surface area contributed by atoms with Crippen molar-refractivity contribution in [2.45, 2.75) is 17.4 Å². The van der Waals surface area contributed by atoms with Crippen molar-refractivity contribution in [1.82, 2.24) is 5.32 Å². The Kier molecular flexibility index (Phi) is 3.49. The maximum Gasteiger partial charge on any atom is 0.119 e. The van der Waals surface area contributed by atoms with Gasteiger partial charge >= 0.3 is 0 Å². The van der Waals surface area contributed by atoms with E-state index in [2.05, 4.69) is 41.9 Å². The first-order valence-electron chi connectivity index (χ1n) is 6.45. The van der Waals surface area contributed by atoms with Crippen molar-refractivity contribution in [3.63, 3.8) is 0 Å². The summed E-state index contributed by atoms with van der Waals surface area (Å²) in [4.78, 5) is 1.27. The number of phenolic OH excluding ortho intramolecular Hbond substituents is 1. The highest BCUT2D eigenvalue weighted by Gasteiger charge is 2.24. The molecule has 0 aliphatic carbocycles. The zero-order valence-corrected chi connectivity index (χ0v) is 11.7. The summed E-state index contributed by atoms with van der Waals surface area (Å²) in [5.41, 5.74) is 3.54. The molecule has 98 valence electrons. The van der Waals surface area contributed by atoms with Gasteiger partial charge in [0.05, 0.1) is 0 Å². The minimum atomic E-state index is 0.237. The minimum absolute atomic E-state index is 0.237. The zero-order valence-electron chi connectivity index (χ0n) is 10.9. The van der Waals surface area contributed by atoms with E-state index in [1.54, 1.807) is 17.8 Å². The number of hydrogen-bond acceptors (Lipinski definition) is 3. The van der Waals surface area contributed by atoms with E-state index in [-0.39, 0.29) is 5.92 Å². The Morgan fingerprint density at radius 3 is 2.68 bits per heavy atom. The monoisotopic (exact) mass is 271 g/mol. The maximum absolute atomic E-state index is 10.2. The molecule has 1 aliphatic rings. The van der Waals surface area contributed by atoms with Gasteiger partial charge in [-0.1, -0.05) is 24.3 Å². The second-order valence-corrected chi connectivity index (χ2v) is 5.69. The SMILES string of the molecule is CSc1ccc(C2CNCc3cccc(O)c32)cc1. The van der Waals surface area contributed by atoms with Crippen LogP contribution in [0.4, 0.5) is 0 Å². The number of nitrogens with one attached hydrogen (secondary N) is 1. The number of aromatic hydroxyl groups is 1. The first kappa shape index (κ1) is 12.6. The van der Waals surface area contributed by atoms with Crippen LogP contribution in [-0.4, -0.2) is 17.9 Å². The second-order valence-electron chi connectivity index (χ2n) is 4.81.